The summed E-state index contributed by atoms with van der Waals surface area (Å²) in [5.41, 5.74) is 5.09. The second-order valence-corrected chi connectivity index (χ2v) is 5.54. The molecule has 0 unspecified atom stereocenters. The average Bonchev–Trinajstić information content (AvgIpc) is 2.57. The van der Waals surface area contributed by atoms with Crippen LogP contribution < -0.4 is 17.0 Å². The van der Waals surface area contributed by atoms with Crippen LogP contribution in [-0.4, -0.2) is 27.9 Å². The van der Waals surface area contributed by atoms with Crippen molar-refractivity contribution >= 4 is 17.6 Å². The van der Waals surface area contributed by atoms with E-state index in [1.54, 1.807) is 24.3 Å². The number of carbonyl (C=O) groups excluding carboxylic acids is 2. The van der Waals surface area contributed by atoms with Gasteiger partial charge in [0.2, 0.25) is 5.78 Å². The maximum atomic E-state index is 12.3. The lowest BCUT2D eigenvalue weighted by Gasteiger charge is -2.11. The van der Waals surface area contributed by atoms with Gasteiger partial charge in [0.15, 0.2) is 6.61 Å². The molecule has 8 heteroatoms. The number of hydrogen-bond acceptors (Lipinski definition) is 6. The zero-order chi connectivity index (χ0) is 18.6. The predicted molar refractivity (Wildman–Crippen MR) is 91.8 cm³/mol. The van der Waals surface area contributed by atoms with Crippen molar-refractivity contribution < 1.29 is 14.3 Å². The number of anilines is 1. The summed E-state index contributed by atoms with van der Waals surface area (Å²) in [6.45, 7) is 3.30. The number of aryl methyl sites for hydroxylation is 1. The fourth-order valence-electron chi connectivity index (χ4n) is 2.28. The van der Waals surface area contributed by atoms with E-state index in [0.29, 0.717) is 6.42 Å². The maximum absolute atomic E-state index is 12.3. The van der Waals surface area contributed by atoms with Gasteiger partial charge in [-0.15, -0.1) is 0 Å². The van der Waals surface area contributed by atoms with E-state index in [2.05, 4.69) is 4.98 Å². The van der Waals surface area contributed by atoms with Crippen LogP contribution in [0, 0.1) is 6.92 Å². The molecule has 2 rings (SSSR count). The summed E-state index contributed by atoms with van der Waals surface area (Å²) in [5.74, 6) is -1.69. The highest BCUT2D eigenvalue weighted by atomic mass is 16.5. The molecule has 132 valence electrons. The summed E-state index contributed by atoms with van der Waals surface area (Å²) in [5, 5.41) is 0. The third kappa shape index (κ3) is 4.03. The lowest BCUT2D eigenvalue weighted by molar-refractivity contribution is 0.0474. The Labute approximate surface area is 143 Å². The molecule has 0 saturated heterocycles. The number of aromatic amines is 1. The van der Waals surface area contributed by atoms with E-state index in [-0.39, 0.29) is 23.5 Å². The summed E-state index contributed by atoms with van der Waals surface area (Å²) in [4.78, 5) is 49.9. The average molecular weight is 345 g/mol. The van der Waals surface area contributed by atoms with Crippen LogP contribution in [0.1, 0.15) is 39.6 Å². The smallest absolute Gasteiger partial charge is 0.338 e. The molecule has 0 aliphatic rings. The first-order valence-electron chi connectivity index (χ1n) is 7.74. The van der Waals surface area contributed by atoms with Gasteiger partial charge in [0.05, 0.1) is 5.56 Å². The molecule has 0 spiro atoms. The predicted octanol–water partition coefficient (Wildman–Crippen LogP) is 0.877. The van der Waals surface area contributed by atoms with E-state index in [4.69, 9.17) is 10.5 Å². The number of ether oxygens (including phenoxy) is 1. The number of esters is 1. The number of ketones is 1. The molecule has 0 saturated carbocycles. The van der Waals surface area contributed by atoms with Gasteiger partial charge in [-0.25, -0.2) is 9.59 Å². The van der Waals surface area contributed by atoms with Gasteiger partial charge in [0, 0.05) is 6.54 Å². The van der Waals surface area contributed by atoms with E-state index >= 15 is 0 Å². The first-order chi connectivity index (χ1) is 11.8. The number of Topliss-reactive ketones (excluding diaryl/α,β-unsaturated/α-hetero) is 1. The quantitative estimate of drug-likeness (QED) is 0.591. The van der Waals surface area contributed by atoms with Crippen LogP contribution >= 0.6 is 0 Å². The minimum Gasteiger partial charge on any atom is -0.454 e. The molecule has 1 aromatic heterocycles. The van der Waals surface area contributed by atoms with Gasteiger partial charge in [0.25, 0.3) is 5.56 Å². The molecule has 0 fully saturated rings. The number of nitrogens with zero attached hydrogens (tertiary/aromatic N) is 1. The Morgan fingerprint density at radius 3 is 2.44 bits per heavy atom. The molecule has 25 heavy (non-hydrogen) atoms. The zero-order valence-electron chi connectivity index (χ0n) is 14.0. The van der Waals surface area contributed by atoms with Gasteiger partial charge in [-0.1, -0.05) is 24.6 Å². The summed E-state index contributed by atoms with van der Waals surface area (Å²) in [6, 6.07) is 6.62. The Hall–Kier alpha value is -3.16. The Morgan fingerprint density at radius 1 is 1.20 bits per heavy atom. The van der Waals surface area contributed by atoms with Gasteiger partial charge in [-0.05, 0) is 25.5 Å². The summed E-state index contributed by atoms with van der Waals surface area (Å²) < 4.78 is 6.05. The van der Waals surface area contributed by atoms with E-state index in [9.17, 15) is 19.2 Å². The zero-order valence-corrected chi connectivity index (χ0v) is 14.0. The van der Waals surface area contributed by atoms with Crippen LogP contribution in [0.25, 0.3) is 0 Å². The van der Waals surface area contributed by atoms with Crippen molar-refractivity contribution in [2.45, 2.75) is 26.8 Å². The molecule has 0 amide bonds. The third-order valence-electron chi connectivity index (χ3n) is 3.59. The highest BCUT2D eigenvalue weighted by Gasteiger charge is 2.20. The van der Waals surface area contributed by atoms with Crippen LogP contribution in [0.4, 0.5) is 5.82 Å². The Balaban J connectivity index is 2.19. The van der Waals surface area contributed by atoms with Crippen LogP contribution in [0.3, 0.4) is 0 Å². The fraction of sp³-hybridized carbons (Fsp3) is 0.294. The second-order valence-electron chi connectivity index (χ2n) is 5.54. The fourth-order valence-corrected chi connectivity index (χ4v) is 2.28. The molecular formula is C17H19N3O5. The monoisotopic (exact) mass is 345 g/mol. The van der Waals surface area contributed by atoms with Gasteiger partial charge in [-0.3, -0.25) is 19.1 Å². The van der Waals surface area contributed by atoms with E-state index in [0.717, 1.165) is 10.1 Å². The number of rotatable bonds is 6. The first-order valence-corrected chi connectivity index (χ1v) is 7.74. The number of carbonyl (C=O) groups is 2. The molecule has 2 aromatic rings. The van der Waals surface area contributed by atoms with Crippen LogP contribution in [0.2, 0.25) is 0 Å². The van der Waals surface area contributed by atoms with E-state index in [1.165, 1.54) is 0 Å². The van der Waals surface area contributed by atoms with Crippen molar-refractivity contribution in [3.05, 3.63) is 61.8 Å². The lowest BCUT2D eigenvalue weighted by atomic mass is 10.1. The highest BCUT2D eigenvalue weighted by Crippen LogP contribution is 2.08. The molecule has 1 heterocycles. The van der Waals surface area contributed by atoms with Crippen LogP contribution in [0.15, 0.2) is 33.9 Å². The number of H-pyrrole nitrogens is 1. The van der Waals surface area contributed by atoms with Crippen LogP contribution in [0.5, 0.6) is 0 Å². The number of nitrogen functional groups attached to an aromatic ring is 1. The van der Waals surface area contributed by atoms with Crippen molar-refractivity contribution in [3.8, 4) is 0 Å². The van der Waals surface area contributed by atoms with E-state index < -0.39 is 29.6 Å². The largest absolute Gasteiger partial charge is 0.454 e. The minimum absolute atomic E-state index is 0.230. The maximum Gasteiger partial charge on any atom is 0.338 e. The Bertz CT molecular complexity index is 909. The van der Waals surface area contributed by atoms with E-state index in [1.807, 2.05) is 13.8 Å². The number of nitrogens with one attached hydrogen (secondary N) is 1. The number of aromatic nitrogens is 2. The van der Waals surface area contributed by atoms with Crippen molar-refractivity contribution in [1.82, 2.24) is 9.55 Å². The SMILES string of the molecule is CCCn1c(N)c(C(=O)COC(=O)c2ccc(C)cc2)c(=O)[nH]c1=O. The Kier molecular flexibility index (Phi) is 5.53. The second kappa shape index (κ2) is 7.61. The topological polar surface area (TPSA) is 124 Å². The molecule has 1 aromatic carbocycles. The number of nitrogens with two attached hydrogens (primary N) is 1. The summed E-state index contributed by atoms with van der Waals surface area (Å²) in [7, 11) is 0. The van der Waals surface area contributed by atoms with Crippen molar-refractivity contribution in [2.75, 3.05) is 12.3 Å². The first kappa shape index (κ1) is 18.2. The summed E-state index contributed by atoms with van der Waals surface area (Å²) >= 11 is 0. The molecule has 0 radical (unpaired) electrons. The third-order valence-corrected chi connectivity index (χ3v) is 3.59. The standard InChI is InChI=1S/C17H19N3O5/c1-3-8-20-14(18)13(15(22)19-17(20)24)12(21)9-25-16(23)11-6-4-10(2)5-7-11/h4-7H,3,8-9,18H2,1-2H3,(H,19,22,24). The van der Waals surface area contributed by atoms with Gasteiger partial charge >= 0.3 is 11.7 Å². The van der Waals surface area contributed by atoms with Gasteiger partial charge in [0.1, 0.15) is 11.4 Å². The number of benzene rings is 1. The number of hydrogen-bond donors (Lipinski definition) is 2. The van der Waals surface area contributed by atoms with Crippen LogP contribution in [-0.2, 0) is 11.3 Å². The highest BCUT2D eigenvalue weighted by molar-refractivity contribution is 6.02. The normalized spacial score (nSPS) is 10.5. The van der Waals surface area contributed by atoms with Crippen molar-refractivity contribution in [1.29, 1.82) is 0 Å². The molecule has 0 bridgehead atoms. The van der Waals surface area contributed by atoms with Crippen molar-refractivity contribution in [2.24, 2.45) is 0 Å². The molecular weight excluding hydrogens is 326 g/mol. The Morgan fingerprint density at radius 2 is 1.84 bits per heavy atom. The molecule has 0 atom stereocenters. The minimum atomic E-state index is -0.897. The molecule has 3 N–H and O–H groups in total. The molecule has 8 nitrogen and oxygen atoms in total. The molecule has 0 aliphatic heterocycles. The van der Waals surface area contributed by atoms with Gasteiger partial charge in [-0.2, -0.15) is 0 Å². The van der Waals surface area contributed by atoms with Gasteiger partial charge < -0.3 is 10.5 Å². The molecule has 0 aliphatic carbocycles. The summed E-state index contributed by atoms with van der Waals surface area (Å²) in [6.07, 6.45) is 0.589. The van der Waals surface area contributed by atoms with Crippen molar-refractivity contribution in [3.63, 3.8) is 0 Å². The lowest BCUT2D eigenvalue weighted by Crippen LogP contribution is -2.37.